The second-order valence-electron chi connectivity index (χ2n) is 6.27. The van der Waals surface area contributed by atoms with E-state index in [0.717, 1.165) is 23.3 Å². The van der Waals surface area contributed by atoms with E-state index in [9.17, 15) is 5.11 Å². The van der Waals surface area contributed by atoms with Crippen LogP contribution in [0.3, 0.4) is 0 Å². The molecule has 0 spiro atoms. The molecule has 25 heavy (non-hydrogen) atoms. The van der Waals surface area contributed by atoms with Gasteiger partial charge in [0.1, 0.15) is 24.3 Å². The zero-order valence-electron chi connectivity index (χ0n) is 14.5. The number of aliphatic hydroxyl groups excluding tert-OH is 1. The highest BCUT2D eigenvalue weighted by Crippen LogP contribution is 2.25. The highest BCUT2D eigenvalue weighted by atomic mass is 35.5. The van der Waals surface area contributed by atoms with E-state index < -0.39 is 6.10 Å². The fourth-order valence-electron chi connectivity index (χ4n) is 2.86. The number of halogens is 1. The molecule has 2 atom stereocenters. The zero-order valence-corrected chi connectivity index (χ0v) is 15.3. The van der Waals surface area contributed by atoms with Crippen molar-refractivity contribution in [3.8, 4) is 5.75 Å². The normalized spacial score (nSPS) is 13.8. The van der Waals surface area contributed by atoms with Crippen LogP contribution in [0, 0.1) is 0 Å². The molecule has 132 valence electrons. The Morgan fingerprint density at radius 2 is 1.88 bits per heavy atom. The Balaban J connectivity index is 1.78. The summed E-state index contributed by atoms with van der Waals surface area (Å²) >= 11 is 6.09. The van der Waals surface area contributed by atoms with Crippen molar-refractivity contribution in [3.05, 3.63) is 59.4 Å². The van der Waals surface area contributed by atoms with E-state index in [-0.39, 0.29) is 6.61 Å². The third kappa shape index (κ3) is 3.97. The number of imidazole rings is 1. The maximum absolute atomic E-state index is 10.5. The number of nitrogens with zero attached hydrogens (tertiary/aromatic N) is 2. The lowest BCUT2D eigenvalue weighted by Gasteiger charge is -2.18. The molecule has 1 N–H and O–H groups in total. The van der Waals surface area contributed by atoms with Gasteiger partial charge >= 0.3 is 0 Å². The Morgan fingerprint density at radius 3 is 2.64 bits per heavy atom. The second-order valence-corrected chi connectivity index (χ2v) is 6.68. The second kappa shape index (κ2) is 7.89. The molecule has 0 bridgehead atoms. The molecule has 0 saturated carbocycles. The average molecular weight is 359 g/mol. The molecule has 1 aromatic heterocycles. The van der Waals surface area contributed by atoms with Crippen molar-refractivity contribution in [3.63, 3.8) is 0 Å². The van der Waals surface area contributed by atoms with E-state index in [4.69, 9.17) is 21.3 Å². The first-order chi connectivity index (χ1) is 12.1. The van der Waals surface area contributed by atoms with Crippen molar-refractivity contribution >= 4 is 22.6 Å². The largest absolute Gasteiger partial charge is 0.489 e. The first kappa shape index (κ1) is 17.8. The fraction of sp³-hybridized carbons (Fsp3) is 0.350. The van der Waals surface area contributed by atoms with Gasteiger partial charge in [0, 0.05) is 5.92 Å². The zero-order chi connectivity index (χ0) is 17.8. The molecule has 0 aliphatic heterocycles. The average Bonchev–Trinajstić information content (AvgIpc) is 2.99. The van der Waals surface area contributed by atoms with Crippen LogP contribution in [0.1, 0.15) is 32.0 Å². The van der Waals surface area contributed by atoms with Crippen molar-refractivity contribution in [2.75, 3.05) is 6.61 Å². The van der Waals surface area contributed by atoms with E-state index in [1.807, 2.05) is 36.4 Å². The van der Waals surface area contributed by atoms with Gasteiger partial charge in [-0.25, -0.2) is 4.98 Å². The Morgan fingerprint density at radius 1 is 1.16 bits per heavy atom. The standard InChI is InChI=1S/C20H23ClN2O2/c1-3-14(2)20-22-17-9-5-6-10-18(17)23(20)12-15(24)13-25-19-11-7-4-8-16(19)21/h4-11,14-15,24H,3,12-13H2,1-2H3. The van der Waals surface area contributed by atoms with Crippen molar-refractivity contribution in [2.45, 2.75) is 38.8 Å². The molecule has 5 heteroatoms. The number of rotatable bonds is 7. The summed E-state index contributed by atoms with van der Waals surface area (Å²) in [5, 5.41) is 11.0. The maximum Gasteiger partial charge on any atom is 0.138 e. The van der Waals surface area contributed by atoms with Crippen molar-refractivity contribution in [2.24, 2.45) is 0 Å². The summed E-state index contributed by atoms with van der Waals surface area (Å²) in [7, 11) is 0. The number of para-hydroxylation sites is 3. The first-order valence-corrected chi connectivity index (χ1v) is 8.98. The quantitative estimate of drug-likeness (QED) is 0.669. The number of aliphatic hydroxyl groups is 1. The van der Waals surface area contributed by atoms with Gasteiger partial charge < -0.3 is 14.4 Å². The van der Waals surface area contributed by atoms with Crippen molar-refractivity contribution in [1.82, 2.24) is 9.55 Å². The van der Waals surface area contributed by atoms with Crippen LogP contribution in [-0.2, 0) is 6.54 Å². The Kier molecular flexibility index (Phi) is 5.61. The van der Waals surface area contributed by atoms with E-state index in [0.29, 0.717) is 23.2 Å². The topological polar surface area (TPSA) is 47.3 Å². The Hall–Kier alpha value is -2.04. The predicted octanol–water partition coefficient (Wildman–Crippen LogP) is 4.64. The molecule has 3 rings (SSSR count). The molecular formula is C20H23ClN2O2. The van der Waals surface area contributed by atoms with E-state index in [2.05, 4.69) is 18.4 Å². The third-order valence-electron chi connectivity index (χ3n) is 4.40. The molecule has 0 radical (unpaired) electrons. The number of hydrogen-bond donors (Lipinski definition) is 1. The molecule has 1 heterocycles. The number of hydrogen-bond acceptors (Lipinski definition) is 3. The van der Waals surface area contributed by atoms with E-state index in [1.165, 1.54) is 0 Å². The fourth-order valence-corrected chi connectivity index (χ4v) is 3.05. The predicted molar refractivity (Wildman–Crippen MR) is 101 cm³/mol. The molecule has 3 aromatic rings. The van der Waals surface area contributed by atoms with Crippen LogP contribution in [0.2, 0.25) is 5.02 Å². The number of aromatic nitrogens is 2. The summed E-state index contributed by atoms with van der Waals surface area (Å²) in [6.45, 7) is 4.91. The minimum atomic E-state index is -0.656. The minimum absolute atomic E-state index is 0.177. The van der Waals surface area contributed by atoms with Gasteiger partial charge in [0.05, 0.1) is 22.6 Å². The van der Waals surface area contributed by atoms with E-state index >= 15 is 0 Å². The summed E-state index contributed by atoms with van der Waals surface area (Å²) in [5.41, 5.74) is 1.99. The molecule has 0 saturated heterocycles. The van der Waals surface area contributed by atoms with Gasteiger partial charge in [-0.15, -0.1) is 0 Å². The molecule has 4 nitrogen and oxygen atoms in total. The molecular weight excluding hydrogens is 336 g/mol. The third-order valence-corrected chi connectivity index (χ3v) is 4.71. The van der Waals surface area contributed by atoms with E-state index in [1.54, 1.807) is 12.1 Å². The molecule has 2 aromatic carbocycles. The molecule has 0 fully saturated rings. The number of benzene rings is 2. The summed E-state index contributed by atoms with van der Waals surface area (Å²) in [6, 6.07) is 15.3. The minimum Gasteiger partial charge on any atom is -0.489 e. The van der Waals surface area contributed by atoms with Gasteiger partial charge in [-0.2, -0.15) is 0 Å². The van der Waals surface area contributed by atoms with Gasteiger partial charge in [0.2, 0.25) is 0 Å². The molecule has 2 unspecified atom stereocenters. The molecule has 0 aliphatic carbocycles. The van der Waals surface area contributed by atoms with Crippen molar-refractivity contribution in [1.29, 1.82) is 0 Å². The lowest BCUT2D eigenvalue weighted by molar-refractivity contribution is 0.0925. The molecule has 0 aliphatic rings. The van der Waals surface area contributed by atoms with Gasteiger partial charge in [-0.05, 0) is 30.7 Å². The van der Waals surface area contributed by atoms with Gasteiger partial charge in [-0.3, -0.25) is 0 Å². The Bertz CT molecular complexity index is 847. The lowest BCUT2D eigenvalue weighted by atomic mass is 10.1. The maximum atomic E-state index is 10.5. The first-order valence-electron chi connectivity index (χ1n) is 8.60. The highest BCUT2D eigenvalue weighted by molar-refractivity contribution is 6.32. The molecule has 0 amide bonds. The monoisotopic (exact) mass is 358 g/mol. The van der Waals surface area contributed by atoms with Crippen LogP contribution in [0.15, 0.2) is 48.5 Å². The van der Waals surface area contributed by atoms with Crippen LogP contribution >= 0.6 is 11.6 Å². The number of ether oxygens (including phenoxy) is 1. The summed E-state index contributed by atoms with van der Waals surface area (Å²) in [4.78, 5) is 4.76. The Labute approximate surface area is 153 Å². The smallest absolute Gasteiger partial charge is 0.138 e. The summed E-state index contributed by atoms with van der Waals surface area (Å²) in [5.74, 6) is 1.91. The number of fused-ring (bicyclic) bond motifs is 1. The summed E-state index contributed by atoms with van der Waals surface area (Å²) < 4.78 is 7.77. The van der Waals surface area contributed by atoms with Gasteiger partial charge in [0.25, 0.3) is 0 Å². The van der Waals surface area contributed by atoms with Crippen LogP contribution in [-0.4, -0.2) is 27.4 Å². The van der Waals surface area contributed by atoms with Gasteiger partial charge in [-0.1, -0.05) is 49.7 Å². The van der Waals surface area contributed by atoms with Gasteiger partial charge in [0.15, 0.2) is 0 Å². The van der Waals surface area contributed by atoms with Crippen LogP contribution < -0.4 is 4.74 Å². The van der Waals surface area contributed by atoms with Crippen molar-refractivity contribution < 1.29 is 9.84 Å². The lowest BCUT2D eigenvalue weighted by Crippen LogP contribution is -2.25. The highest BCUT2D eigenvalue weighted by Gasteiger charge is 2.18. The van der Waals surface area contributed by atoms with Crippen LogP contribution in [0.25, 0.3) is 11.0 Å². The SMILES string of the molecule is CCC(C)c1nc2ccccc2n1CC(O)COc1ccccc1Cl. The summed E-state index contributed by atoms with van der Waals surface area (Å²) in [6.07, 6.45) is 0.340. The van der Waals surface area contributed by atoms with Crippen LogP contribution in [0.5, 0.6) is 5.75 Å². The van der Waals surface area contributed by atoms with Crippen LogP contribution in [0.4, 0.5) is 0 Å².